The van der Waals surface area contributed by atoms with Gasteiger partial charge in [-0.25, -0.2) is 6.57 Å². The lowest BCUT2D eigenvalue weighted by Crippen LogP contribution is -2.15. The average Bonchev–Trinajstić information content (AvgIpc) is 3.41. The number of hydrogen-bond donors (Lipinski definition) is 0. The number of rotatable bonds is 4. The summed E-state index contributed by atoms with van der Waals surface area (Å²) in [5.74, 6) is 1.57. The van der Waals surface area contributed by atoms with Gasteiger partial charge < -0.3 is 14.1 Å². The van der Waals surface area contributed by atoms with Crippen LogP contribution in [0.15, 0.2) is 58.8 Å². The Labute approximate surface area is 185 Å². The highest BCUT2D eigenvalue weighted by Crippen LogP contribution is 2.51. The third-order valence-electron chi connectivity index (χ3n) is 6.16. The first kappa shape index (κ1) is 19.6. The number of aryl methyl sites for hydroxylation is 3. The fourth-order valence-corrected chi connectivity index (χ4v) is 5.05. The summed E-state index contributed by atoms with van der Waals surface area (Å²) >= 11 is 1.46. The van der Waals surface area contributed by atoms with Crippen LogP contribution in [0.1, 0.15) is 29.5 Å². The van der Waals surface area contributed by atoms with Crippen LogP contribution in [0.3, 0.4) is 0 Å². The molecule has 5 rings (SSSR count). The van der Waals surface area contributed by atoms with E-state index in [0.29, 0.717) is 0 Å². The Bertz CT molecular complexity index is 1410. The number of thiophene rings is 1. The Balaban J connectivity index is 1.76. The molecule has 154 valence electrons. The lowest BCUT2D eigenvalue weighted by atomic mass is 9.96. The van der Waals surface area contributed by atoms with Crippen LogP contribution < -0.4 is 10.3 Å². The van der Waals surface area contributed by atoms with Crippen LogP contribution >= 0.6 is 11.3 Å². The first-order chi connectivity index (χ1) is 14.9. The highest BCUT2D eigenvalue weighted by Gasteiger charge is 2.52. The monoisotopic (exact) mass is 426 g/mol. The molecule has 0 radical (unpaired) electrons. The molecule has 0 bridgehead atoms. The third-order valence-corrected chi connectivity index (χ3v) is 7.06. The summed E-state index contributed by atoms with van der Waals surface area (Å²) in [4.78, 5) is 16.5. The van der Waals surface area contributed by atoms with Gasteiger partial charge in [-0.1, -0.05) is 18.2 Å². The van der Waals surface area contributed by atoms with E-state index in [9.17, 15) is 4.79 Å². The van der Waals surface area contributed by atoms with Crippen molar-refractivity contribution in [3.63, 3.8) is 0 Å². The largest absolute Gasteiger partial charge is 0.456 e. The number of para-hydroxylation sites is 1. The molecule has 0 saturated heterocycles. The van der Waals surface area contributed by atoms with Crippen molar-refractivity contribution in [1.29, 1.82) is 0 Å². The van der Waals surface area contributed by atoms with Gasteiger partial charge in [0.25, 0.3) is 11.1 Å². The molecule has 0 amide bonds. The summed E-state index contributed by atoms with van der Waals surface area (Å²) in [7, 11) is 1.78. The first-order valence-corrected chi connectivity index (χ1v) is 11.2. The van der Waals surface area contributed by atoms with Crippen LogP contribution in [0.4, 0.5) is 0 Å². The molecule has 2 aromatic heterocycles. The van der Waals surface area contributed by atoms with Crippen LogP contribution in [-0.2, 0) is 12.6 Å². The number of hydrogen-bond acceptors (Lipinski definition) is 3. The van der Waals surface area contributed by atoms with Gasteiger partial charge in [0.2, 0.25) is 0 Å². The van der Waals surface area contributed by atoms with E-state index in [1.807, 2.05) is 61.8 Å². The number of nitrogens with zero attached hydrogens (tertiary/aromatic N) is 2. The average molecular weight is 427 g/mol. The van der Waals surface area contributed by atoms with Gasteiger partial charge in [0.1, 0.15) is 16.2 Å². The molecule has 1 saturated carbocycles. The van der Waals surface area contributed by atoms with Gasteiger partial charge in [-0.2, -0.15) is 0 Å². The first-order valence-electron chi connectivity index (χ1n) is 10.3. The molecule has 0 spiro atoms. The van der Waals surface area contributed by atoms with E-state index in [-0.39, 0.29) is 5.56 Å². The minimum Gasteiger partial charge on any atom is -0.456 e. The molecule has 31 heavy (non-hydrogen) atoms. The SMILES string of the molecule is [C-]#[N+]C1(c2ccc(Oc3c(C)cccc3C)c(-c3cn(C)c(=O)c4sccc34)c2)CC1. The summed E-state index contributed by atoms with van der Waals surface area (Å²) in [5, 5.41) is 2.87. The van der Waals surface area contributed by atoms with Crippen molar-refractivity contribution in [2.45, 2.75) is 32.2 Å². The minimum atomic E-state index is -0.416. The molecule has 5 heteroatoms. The third kappa shape index (κ3) is 3.15. The molecule has 0 N–H and O–H groups in total. The van der Waals surface area contributed by atoms with Crippen molar-refractivity contribution in [1.82, 2.24) is 4.57 Å². The molecular formula is C26H22N2O2S. The topological polar surface area (TPSA) is 35.6 Å². The van der Waals surface area contributed by atoms with E-state index >= 15 is 0 Å². The van der Waals surface area contributed by atoms with Gasteiger partial charge in [0.15, 0.2) is 0 Å². The molecule has 2 aromatic carbocycles. The van der Waals surface area contributed by atoms with Gasteiger partial charge in [-0.05, 0) is 54.6 Å². The summed E-state index contributed by atoms with van der Waals surface area (Å²) < 4.78 is 8.84. The number of fused-ring (bicyclic) bond motifs is 1. The molecule has 4 aromatic rings. The van der Waals surface area contributed by atoms with Gasteiger partial charge in [-0.15, -0.1) is 11.3 Å². The van der Waals surface area contributed by atoms with Crippen molar-refractivity contribution in [3.8, 4) is 22.6 Å². The Morgan fingerprint density at radius 3 is 2.52 bits per heavy atom. The molecular weight excluding hydrogens is 404 g/mol. The van der Waals surface area contributed by atoms with Crippen molar-refractivity contribution in [2.24, 2.45) is 7.05 Å². The fourth-order valence-electron chi connectivity index (χ4n) is 4.16. The van der Waals surface area contributed by atoms with E-state index in [1.165, 1.54) is 11.3 Å². The summed E-state index contributed by atoms with van der Waals surface area (Å²) in [5.41, 5.74) is 4.59. The zero-order valence-electron chi connectivity index (χ0n) is 17.7. The summed E-state index contributed by atoms with van der Waals surface area (Å²) in [6, 6.07) is 14.2. The van der Waals surface area contributed by atoms with Crippen molar-refractivity contribution >= 4 is 21.4 Å². The Morgan fingerprint density at radius 1 is 1.10 bits per heavy atom. The lowest BCUT2D eigenvalue weighted by molar-refractivity contribution is 0.476. The maximum absolute atomic E-state index is 12.6. The predicted octanol–water partition coefficient (Wildman–Crippen LogP) is 6.58. The number of ether oxygens (including phenoxy) is 1. The Hall–Kier alpha value is -3.36. The maximum atomic E-state index is 12.6. The van der Waals surface area contributed by atoms with Crippen molar-refractivity contribution in [3.05, 3.63) is 92.5 Å². The summed E-state index contributed by atoms with van der Waals surface area (Å²) in [6.45, 7) is 11.8. The smallest absolute Gasteiger partial charge is 0.268 e. The van der Waals surface area contributed by atoms with E-state index in [0.717, 1.165) is 62.2 Å². The second-order valence-corrected chi connectivity index (χ2v) is 9.22. The Kier molecular flexibility index (Phi) is 4.49. The highest BCUT2D eigenvalue weighted by molar-refractivity contribution is 7.17. The summed E-state index contributed by atoms with van der Waals surface area (Å²) in [6.07, 6.45) is 3.65. The van der Waals surface area contributed by atoms with Gasteiger partial charge >= 0.3 is 0 Å². The van der Waals surface area contributed by atoms with Gasteiger partial charge in [0, 0.05) is 48.2 Å². The quantitative estimate of drug-likeness (QED) is 0.345. The van der Waals surface area contributed by atoms with Crippen LogP contribution in [0.25, 0.3) is 26.1 Å². The lowest BCUT2D eigenvalue weighted by Gasteiger charge is -2.17. The predicted molar refractivity (Wildman–Crippen MR) is 126 cm³/mol. The van der Waals surface area contributed by atoms with E-state index < -0.39 is 5.54 Å². The van der Waals surface area contributed by atoms with E-state index in [2.05, 4.69) is 10.9 Å². The molecule has 0 atom stereocenters. The van der Waals surface area contributed by atoms with Crippen LogP contribution in [0.5, 0.6) is 11.5 Å². The molecule has 0 aliphatic heterocycles. The second-order valence-electron chi connectivity index (χ2n) is 8.30. The Morgan fingerprint density at radius 2 is 1.84 bits per heavy atom. The number of aromatic nitrogens is 1. The van der Waals surface area contributed by atoms with Gasteiger partial charge in [-0.3, -0.25) is 4.79 Å². The zero-order valence-corrected chi connectivity index (χ0v) is 18.5. The van der Waals surface area contributed by atoms with E-state index in [4.69, 9.17) is 11.3 Å². The number of benzene rings is 2. The zero-order chi connectivity index (χ0) is 21.8. The normalized spacial score (nSPS) is 14.4. The van der Waals surface area contributed by atoms with Crippen LogP contribution in [-0.4, -0.2) is 4.57 Å². The van der Waals surface area contributed by atoms with Crippen molar-refractivity contribution < 1.29 is 4.74 Å². The molecule has 1 aliphatic rings. The van der Waals surface area contributed by atoms with E-state index in [1.54, 1.807) is 11.6 Å². The maximum Gasteiger partial charge on any atom is 0.268 e. The van der Waals surface area contributed by atoms with Crippen LogP contribution in [0.2, 0.25) is 0 Å². The molecule has 0 unspecified atom stereocenters. The number of pyridine rings is 1. The molecule has 1 aliphatic carbocycles. The molecule has 4 nitrogen and oxygen atoms in total. The highest BCUT2D eigenvalue weighted by atomic mass is 32.1. The van der Waals surface area contributed by atoms with Gasteiger partial charge in [0.05, 0.1) is 0 Å². The minimum absolute atomic E-state index is 0.00180. The molecule has 1 fully saturated rings. The fraction of sp³-hybridized carbons (Fsp3) is 0.231. The second kappa shape index (κ2) is 7.11. The standard InChI is InChI=1S/C26H22N2O2S/c1-16-6-5-7-17(2)23(16)30-22-9-8-18(26(27-3)11-12-26)14-20(22)21-15-28(4)25(29)24-19(21)10-13-31-24/h5-10,13-15H,11-12H2,1-2,4H3. The molecule has 2 heterocycles. The van der Waals surface area contributed by atoms with Crippen LogP contribution in [0, 0.1) is 20.4 Å². The van der Waals surface area contributed by atoms with Crippen molar-refractivity contribution in [2.75, 3.05) is 0 Å².